The highest BCUT2D eigenvalue weighted by Gasteiger charge is 2.49. The lowest BCUT2D eigenvalue weighted by molar-refractivity contribution is -0.133. The maximum Gasteiger partial charge on any atom is 0.325 e. The first-order chi connectivity index (χ1) is 12.9. The number of nitrogens with one attached hydrogen (secondary N) is 2. The minimum absolute atomic E-state index is 0.242. The summed E-state index contributed by atoms with van der Waals surface area (Å²) in [6.07, 6.45) is 3.12. The van der Waals surface area contributed by atoms with Crippen molar-refractivity contribution in [3.63, 3.8) is 0 Å². The van der Waals surface area contributed by atoms with Crippen molar-refractivity contribution in [3.8, 4) is 0 Å². The Morgan fingerprint density at radius 1 is 1.30 bits per heavy atom. The average Bonchev–Trinajstić information content (AvgIpc) is 3.30. The summed E-state index contributed by atoms with van der Waals surface area (Å²) in [5, 5.41) is 8.92. The molecule has 0 saturated carbocycles. The van der Waals surface area contributed by atoms with Crippen LogP contribution in [0.2, 0.25) is 0 Å². The largest absolute Gasteiger partial charge is 0.360 e. The lowest BCUT2D eigenvalue weighted by Gasteiger charge is -2.23. The van der Waals surface area contributed by atoms with E-state index in [-0.39, 0.29) is 5.82 Å². The number of hydrogen-bond donors (Lipinski definition) is 2. The highest BCUT2D eigenvalue weighted by atomic mass is 16.5. The van der Waals surface area contributed by atoms with Gasteiger partial charge in [0.25, 0.3) is 5.91 Å². The molecule has 2 aliphatic rings. The Kier molecular flexibility index (Phi) is 3.98. The van der Waals surface area contributed by atoms with Crippen LogP contribution >= 0.6 is 0 Å². The fraction of sp³-hybridized carbons (Fsp3) is 0.368. The lowest BCUT2D eigenvalue weighted by Crippen LogP contribution is -2.42. The Labute approximate surface area is 155 Å². The minimum Gasteiger partial charge on any atom is -0.360 e. The van der Waals surface area contributed by atoms with Crippen LogP contribution in [0.25, 0.3) is 0 Å². The maximum absolute atomic E-state index is 13.0. The van der Waals surface area contributed by atoms with E-state index in [0.717, 1.165) is 29.7 Å². The second-order valence-corrected chi connectivity index (χ2v) is 7.15. The summed E-state index contributed by atoms with van der Waals surface area (Å²) in [5.74, 6) is -0.183. The second kappa shape index (κ2) is 6.22. The van der Waals surface area contributed by atoms with E-state index in [0.29, 0.717) is 5.76 Å². The van der Waals surface area contributed by atoms with Crippen molar-refractivity contribution in [1.82, 2.24) is 15.4 Å². The molecular formula is C19H20N4O4. The molecule has 2 N–H and O–H groups in total. The van der Waals surface area contributed by atoms with Crippen LogP contribution < -0.4 is 10.6 Å². The molecule has 2 heterocycles. The standard InChI is InChI=1S/C19H20N4O4/c1-11-8-15(22-27-11)20-16(24)10-23-17(25)19(2,21-18(23)26)14-7-6-12-4-3-5-13(12)9-14/h6-9H,3-5,10H2,1-2H3,(H,21,26)(H,20,22,24)/t19-/m0/s1. The van der Waals surface area contributed by atoms with Gasteiger partial charge in [0.1, 0.15) is 17.8 Å². The fourth-order valence-electron chi connectivity index (χ4n) is 3.67. The number of benzene rings is 1. The van der Waals surface area contributed by atoms with Gasteiger partial charge in [-0.1, -0.05) is 23.4 Å². The van der Waals surface area contributed by atoms with Gasteiger partial charge in [-0.3, -0.25) is 14.5 Å². The third kappa shape index (κ3) is 2.97. The van der Waals surface area contributed by atoms with E-state index in [4.69, 9.17) is 4.52 Å². The Morgan fingerprint density at radius 2 is 2.07 bits per heavy atom. The van der Waals surface area contributed by atoms with E-state index in [1.165, 1.54) is 11.1 Å². The first kappa shape index (κ1) is 17.3. The van der Waals surface area contributed by atoms with Crippen molar-refractivity contribution in [2.45, 2.75) is 38.6 Å². The van der Waals surface area contributed by atoms with Crippen LogP contribution in [0.1, 0.15) is 35.8 Å². The minimum atomic E-state index is -1.18. The average molecular weight is 368 g/mol. The molecule has 8 nitrogen and oxygen atoms in total. The van der Waals surface area contributed by atoms with Gasteiger partial charge in [0, 0.05) is 6.07 Å². The van der Waals surface area contributed by atoms with Crippen molar-refractivity contribution < 1.29 is 18.9 Å². The van der Waals surface area contributed by atoms with Crippen molar-refractivity contribution in [2.24, 2.45) is 0 Å². The summed E-state index contributed by atoms with van der Waals surface area (Å²) >= 11 is 0. The number of nitrogens with zero attached hydrogens (tertiary/aromatic N) is 2. The van der Waals surface area contributed by atoms with Crippen LogP contribution in [0.5, 0.6) is 0 Å². The van der Waals surface area contributed by atoms with Gasteiger partial charge in [0.15, 0.2) is 5.82 Å². The quantitative estimate of drug-likeness (QED) is 0.802. The number of rotatable bonds is 4. The molecule has 2 aromatic rings. The highest BCUT2D eigenvalue weighted by Crippen LogP contribution is 2.32. The monoisotopic (exact) mass is 368 g/mol. The molecule has 27 heavy (non-hydrogen) atoms. The first-order valence-electron chi connectivity index (χ1n) is 8.86. The normalized spacial score (nSPS) is 21.3. The van der Waals surface area contributed by atoms with Gasteiger partial charge in [-0.15, -0.1) is 0 Å². The van der Waals surface area contributed by atoms with Gasteiger partial charge in [-0.25, -0.2) is 4.79 Å². The van der Waals surface area contributed by atoms with Crippen molar-refractivity contribution in [1.29, 1.82) is 0 Å². The fourth-order valence-corrected chi connectivity index (χ4v) is 3.67. The topological polar surface area (TPSA) is 105 Å². The molecule has 140 valence electrons. The maximum atomic E-state index is 13.0. The predicted molar refractivity (Wildman–Crippen MR) is 95.9 cm³/mol. The summed E-state index contributed by atoms with van der Waals surface area (Å²) in [6, 6.07) is 6.85. The number of fused-ring (bicyclic) bond motifs is 1. The van der Waals surface area contributed by atoms with E-state index in [1.807, 2.05) is 18.2 Å². The molecule has 0 bridgehead atoms. The predicted octanol–water partition coefficient (Wildman–Crippen LogP) is 1.88. The number of carbonyl (C=O) groups excluding carboxylic acids is 3. The third-order valence-electron chi connectivity index (χ3n) is 5.15. The Balaban J connectivity index is 1.52. The zero-order valence-electron chi connectivity index (χ0n) is 15.2. The van der Waals surface area contributed by atoms with Crippen LogP contribution in [0.4, 0.5) is 10.6 Å². The van der Waals surface area contributed by atoms with Gasteiger partial charge in [0.2, 0.25) is 5.91 Å². The van der Waals surface area contributed by atoms with Gasteiger partial charge in [-0.2, -0.15) is 0 Å². The zero-order valence-corrected chi connectivity index (χ0v) is 15.2. The molecule has 4 amide bonds. The Bertz CT molecular complexity index is 951. The molecule has 1 atom stereocenters. The van der Waals surface area contributed by atoms with E-state index in [9.17, 15) is 14.4 Å². The smallest absolute Gasteiger partial charge is 0.325 e. The van der Waals surface area contributed by atoms with E-state index in [1.54, 1.807) is 19.9 Å². The van der Waals surface area contributed by atoms with E-state index >= 15 is 0 Å². The van der Waals surface area contributed by atoms with Gasteiger partial charge in [0.05, 0.1) is 0 Å². The molecule has 1 fully saturated rings. The number of anilines is 1. The number of urea groups is 1. The van der Waals surface area contributed by atoms with Gasteiger partial charge < -0.3 is 15.2 Å². The summed E-state index contributed by atoms with van der Waals surface area (Å²) in [6.45, 7) is 2.97. The Hall–Kier alpha value is -3.16. The molecule has 0 spiro atoms. The molecule has 1 aliphatic heterocycles. The van der Waals surface area contributed by atoms with E-state index < -0.39 is 29.9 Å². The number of carbonyl (C=O) groups is 3. The molecule has 0 radical (unpaired) electrons. The van der Waals surface area contributed by atoms with Crippen LogP contribution in [0, 0.1) is 6.92 Å². The van der Waals surface area contributed by atoms with Crippen LogP contribution in [-0.2, 0) is 28.0 Å². The Morgan fingerprint density at radius 3 is 2.81 bits per heavy atom. The molecule has 0 unspecified atom stereocenters. The van der Waals surface area contributed by atoms with Crippen molar-refractivity contribution >= 4 is 23.7 Å². The number of aromatic nitrogens is 1. The summed E-state index contributed by atoms with van der Waals surface area (Å²) < 4.78 is 4.88. The zero-order chi connectivity index (χ0) is 19.2. The molecule has 8 heteroatoms. The highest BCUT2D eigenvalue weighted by molar-refractivity contribution is 6.10. The molecular weight excluding hydrogens is 348 g/mol. The van der Waals surface area contributed by atoms with Crippen LogP contribution in [0.3, 0.4) is 0 Å². The van der Waals surface area contributed by atoms with Crippen molar-refractivity contribution in [2.75, 3.05) is 11.9 Å². The number of amides is 4. The second-order valence-electron chi connectivity index (χ2n) is 7.15. The van der Waals surface area contributed by atoms with Crippen LogP contribution in [0.15, 0.2) is 28.8 Å². The molecule has 1 saturated heterocycles. The van der Waals surface area contributed by atoms with Gasteiger partial charge in [-0.05, 0) is 49.8 Å². The summed E-state index contributed by atoms with van der Waals surface area (Å²) in [5.41, 5.74) is 2.06. The van der Waals surface area contributed by atoms with E-state index in [2.05, 4.69) is 15.8 Å². The van der Waals surface area contributed by atoms with Crippen LogP contribution in [-0.4, -0.2) is 34.4 Å². The number of hydrogen-bond acceptors (Lipinski definition) is 5. The molecule has 4 rings (SSSR count). The number of imide groups is 1. The third-order valence-corrected chi connectivity index (χ3v) is 5.15. The van der Waals surface area contributed by atoms with Crippen molar-refractivity contribution in [3.05, 3.63) is 46.7 Å². The first-order valence-corrected chi connectivity index (χ1v) is 8.86. The molecule has 1 aromatic carbocycles. The van der Waals surface area contributed by atoms with Gasteiger partial charge >= 0.3 is 6.03 Å². The molecule has 1 aromatic heterocycles. The SMILES string of the molecule is Cc1cc(NC(=O)CN2C(=O)N[C@@](C)(c3ccc4c(c3)CCC4)C2=O)no1. The number of aryl methyl sites for hydroxylation is 3. The lowest BCUT2D eigenvalue weighted by atomic mass is 9.89. The summed E-state index contributed by atoms with van der Waals surface area (Å²) in [4.78, 5) is 38.5. The summed E-state index contributed by atoms with van der Waals surface area (Å²) in [7, 11) is 0. The molecule has 1 aliphatic carbocycles.